The summed E-state index contributed by atoms with van der Waals surface area (Å²) >= 11 is 0. The first-order valence-electron chi connectivity index (χ1n) is 9.38. The van der Waals surface area contributed by atoms with Crippen LogP contribution in [0.5, 0.6) is 11.5 Å². The summed E-state index contributed by atoms with van der Waals surface area (Å²) in [5, 5.41) is 1.18. The Bertz CT molecular complexity index is 986. The van der Waals surface area contributed by atoms with E-state index in [2.05, 4.69) is 5.43 Å². The molecule has 1 heterocycles. The van der Waals surface area contributed by atoms with Gasteiger partial charge in [-0.25, -0.2) is 9.80 Å². The van der Waals surface area contributed by atoms with Crippen LogP contribution in [0.25, 0.3) is 6.08 Å². The third kappa shape index (κ3) is 4.27. The molecule has 0 spiro atoms. The number of anilines is 1. The van der Waals surface area contributed by atoms with Gasteiger partial charge >= 0.3 is 5.97 Å². The first-order chi connectivity index (χ1) is 14.5. The lowest BCUT2D eigenvalue weighted by Crippen LogP contribution is -2.35. The van der Waals surface area contributed by atoms with Gasteiger partial charge in [0.2, 0.25) is 0 Å². The maximum atomic E-state index is 12.8. The Balaban J connectivity index is 1.95. The molecular formula is C22H22N2O6. The predicted molar refractivity (Wildman–Crippen MR) is 110 cm³/mol. The fraction of sp³-hybridized carbons (Fsp3) is 0.227. The Morgan fingerprint density at radius 2 is 1.87 bits per heavy atom. The third-order valence-electron chi connectivity index (χ3n) is 4.35. The van der Waals surface area contributed by atoms with E-state index in [1.807, 2.05) is 6.07 Å². The molecule has 0 aromatic heterocycles. The zero-order valence-electron chi connectivity index (χ0n) is 16.9. The van der Waals surface area contributed by atoms with Gasteiger partial charge in [0.25, 0.3) is 11.8 Å². The lowest BCUT2D eigenvalue weighted by molar-refractivity contribution is -0.150. The second kappa shape index (κ2) is 9.13. The number of carbonyl (C=O) groups is 3. The Kier molecular flexibility index (Phi) is 6.36. The monoisotopic (exact) mass is 410 g/mol. The number of nitrogens with zero attached hydrogens (tertiary/aromatic N) is 1. The number of benzene rings is 2. The maximum absolute atomic E-state index is 12.8. The molecule has 156 valence electrons. The molecule has 0 bridgehead atoms. The van der Waals surface area contributed by atoms with Crippen molar-refractivity contribution in [3.8, 4) is 11.5 Å². The molecule has 30 heavy (non-hydrogen) atoms. The minimum atomic E-state index is -0.910. The van der Waals surface area contributed by atoms with Crippen molar-refractivity contribution in [2.45, 2.75) is 20.0 Å². The van der Waals surface area contributed by atoms with E-state index in [-0.39, 0.29) is 17.9 Å². The van der Waals surface area contributed by atoms with E-state index in [1.54, 1.807) is 56.3 Å². The number of rotatable bonds is 7. The molecule has 1 aliphatic rings. The molecule has 1 N–H and O–H groups in total. The number of amides is 2. The first-order valence-corrected chi connectivity index (χ1v) is 9.38. The highest BCUT2D eigenvalue weighted by atomic mass is 16.6. The molecule has 0 unspecified atom stereocenters. The second-order valence-electron chi connectivity index (χ2n) is 6.37. The standard InChI is InChI=1S/C22H22N2O6/c1-4-29-22(27)14(2)30-19-15(9-8-12-18(19)28-3)13-17-20(25)23-24(21(17)26)16-10-6-5-7-11-16/h5-14H,4H2,1-3H3,(H,23,25)/b17-13-/t14-/m1/s1. The number of carbonyl (C=O) groups excluding carboxylic acids is 3. The summed E-state index contributed by atoms with van der Waals surface area (Å²) in [6.45, 7) is 3.47. The number of methoxy groups -OCH3 is 1. The van der Waals surface area contributed by atoms with E-state index in [0.29, 0.717) is 17.0 Å². The van der Waals surface area contributed by atoms with Crippen molar-refractivity contribution in [2.75, 3.05) is 18.7 Å². The van der Waals surface area contributed by atoms with Crippen LogP contribution in [0.15, 0.2) is 54.1 Å². The Morgan fingerprint density at radius 1 is 1.13 bits per heavy atom. The van der Waals surface area contributed by atoms with Gasteiger partial charge < -0.3 is 14.2 Å². The van der Waals surface area contributed by atoms with Crippen LogP contribution in [0.1, 0.15) is 19.4 Å². The summed E-state index contributed by atoms with van der Waals surface area (Å²) in [5.41, 5.74) is 3.43. The van der Waals surface area contributed by atoms with E-state index in [0.717, 1.165) is 0 Å². The molecule has 2 aromatic rings. The molecule has 2 amide bonds. The maximum Gasteiger partial charge on any atom is 0.347 e. The molecule has 8 heteroatoms. The van der Waals surface area contributed by atoms with Gasteiger partial charge in [0, 0.05) is 5.56 Å². The van der Waals surface area contributed by atoms with Gasteiger partial charge in [-0.2, -0.15) is 0 Å². The number of esters is 1. The lowest BCUT2D eigenvalue weighted by atomic mass is 10.1. The van der Waals surface area contributed by atoms with Crippen molar-refractivity contribution < 1.29 is 28.6 Å². The summed E-state index contributed by atoms with van der Waals surface area (Å²) in [4.78, 5) is 37.3. The zero-order chi connectivity index (χ0) is 21.7. The minimum absolute atomic E-state index is 0.0688. The third-order valence-corrected chi connectivity index (χ3v) is 4.35. The van der Waals surface area contributed by atoms with Crippen LogP contribution in [-0.4, -0.2) is 37.6 Å². The Labute approximate surface area is 174 Å². The summed E-state index contributed by atoms with van der Waals surface area (Å²) in [7, 11) is 1.46. The topological polar surface area (TPSA) is 94.2 Å². The summed E-state index contributed by atoms with van der Waals surface area (Å²) in [6, 6.07) is 13.8. The van der Waals surface area contributed by atoms with Gasteiger partial charge in [0.05, 0.1) is 19.4 Å². The summed E-state index contributed by atoms with van der Waals surface area (Å²) in [5.74, 6) is -1.00. The van der Waals surface area contributed by atoms with Crippen molar-refractivity contribution in [2.24, 2.45) is 0 Å². The van der Waals surface area contributed by atoms with Crippen LogP contribution in [-0.2, 0) is 19.1 Å². The number of nitrogens with one attached hydrogen (secondary N) is 1. The van der Waals surface area contributed by atoms with Crippen LogP contribution in [0.4, 0.5) is 5.69 Å². The number of hydrogen-bond acceptors (Lipinski definition) is 6. The quantitative estimate of drug-likeness (QED) is 0.428. The number of hydrogen-bond donors (Lipinski definition) is 1. The molecule has 0 aliphatic carbocycles. The molecule has 3 rings (SSSR count). The molecule has 0 saturated carbocycles. The largest absolute Gasteiger partial charge is 0.493 e. The lowest BCUT2D eigenvalue weighted by Gasteiger charge is -2.17. The normalized spacial score (nSPS) is 15.7. The van der Waals surface area contributed by atoms with Gasteiger partial charge in [-0.15, -0.1) is 0 Å². The Morgan fingerprint density at radius 3 is 2.53 bits per heavy atom. The zero-order valence-corrected chi connectivity index (χ0v) is 16.9. The highest BCUT2D eigenvalue weighted by Gasteiger charge is 2.34. The van der Waals surface area contributed by atoms with Crippen LogP contribution in [0.3, 0.4) is 0 Å². The van der Waals surface area contributed by atoms with Gasteiger partial charge in [-0.05, 0) is 38.1 Å². The van der Waals surface area contributed by atoms with Crippen molar-refractivity contribution in [3.05, 3.63) is 59.7 Å². The van der Waals surface area contributed by atoms with Gasteiger partial charge in [0.1, 0.15) is 5.57 Å². The van der Waals surface area contributed by atoms with Crippen molar-refractivity contribution in [1.82, 2.24) is 5.43 Å². The van der Waals surface area contributed by atoms with Gasteiger partial charge in [-0.1, -0.05) is 30.3 Å². The fourth-order valence-electron chi connectivity index (χ4n) is 2.89. The second-order valence-corrected chi connectivity index (χ2v) is 6.37. The minimum Gasteiger partial charge on any atom is -0.493 e. The predicted octanol–water partition coefficient (Wildman–Crippen LogP) is 2.49. The molecule has 1 atom stereocenters. The van der Waals surface area contributed by atoms with Gasteiger partial charge in [-0.3, -0.25) is 15.0 Å². The highest BCUT2D eigenvalue weighted by Crippen LogP contribution is 2.34. The van der Waals surface area contributed by atoms with E-state index >= 15 is 0 Å². The smallest absolute Gasteiger partial charge is 0.347 e. The van der Waals surface area contributed by atoms with Gasteiger partial charge in [0.15, 0.2) is 17.6 Å². The molecular weight excluding hydrogens is 388 g/mol. The average Bonchev–Trinajstić information content (AvgIpc) is 3.03. The molecule has 1 aliphatic heterocycles. The highest BCUT2D eigenvalue weighted by molar-refractivity contribution is 6.31. The molecule has 2 aromatic carbocycles. The SMILES string of the molecule is CCOC(=O)[C@@H](C)Oc1c(/C=C2/C(=O)NN(c3ccccc3)C2=O)cccc1OC. The molecule has 0 radical (unpaired) electrons. The van der Waals surface area contributed by atoms with Crippen molar-refractivity contribution in [1.29, 1.82) is 0 Å². The van der Waals surface area contributed by atoms with Crippen LogP contribution in [0.2, 0.25) is 0 Å². The Hall–Kier alpha value is -3.81. The fourth-order valence-corrected chi connectivity index (χ4v) is 2.89. The van der Waals surface area contributed by atoms with Crippen LogP contribution < -0.4 is 19.9 Å². The van der Waals surface area contributed by atoms with E-state index in [1.165, 1.54) is 18.2 Å². The number of para-hydroxylation sites is 2. The number of ether oxygens (including phenoxy) is 3. The van der Waals surface area contributed by atoms with Crippen molar-refractivity contribution >= 4 is 29.5 Å². The van der Waals surface area contributed by atoms with E-state index in [4.69, 9.17) is 14.2 Å². The van der Waals surface area contributed by atoms with Crippen LogP contribution in [0, 0.1) is 0 Å². The van der Waals surface area contributed by atoms with E-state index in [9.17, 15) is 14.4 Å². The van der Waals surface area contributed by atoms with Crippen molar-refractivity contribution in [3.63, 3.8) is 0 Å². The van der Waals surface area contributed by atoms with E-state index < -0.39 is 23.9 Å². The summed E-state index contributed by atoms with van der Waals surface area (Å²) in [6.07, 6.45) is 0.503. The number of hydrazine groups is 1. The van der Waals surface area contributed by atoms with Crippen LogP contribution >= 0.6 is 0 Å². The molecule has 1 saturated heterocycles. The first kappa shape index (κ1) is 20.9. The molecule has 8 nitrogen and oxygen atoms in total. The summed E-state index contributed by atoms with van der Waals surface area (Å²) < 4.78 is 16.1. The molecule has 1 fully saturated rings. The average molecular weight is 410 g/mol.